The maximum Gasteiger partial charge on any atom is 0.0839 e. The van der Waals surface area contributed by atoms with Crippen LogP contribution in [0.5, 0.6) is 0 Å². The average molecular weight is 281 g/mol. The number of hydrogen-bond acceptors (Lipinski definition) is 3. The van der Waals surface area contributed by atoms with Crippen molar-refractivity contribution in [3.63, 3.8) is 0 Å². The van der Waals surface area contributed by atoms with Crippen LogP contribution in [0.3, 0.4) is 0 Å². The van der Waals surface area contributed by atoms with E-state index in [0.29, 0.717) is 6.54 Å². The second kappa shape index (κ2) is 4.76. The first-order valence-electron chi connectivity index (χ1n) is 5.06. The van der Waals surface area contributed by atoms with E-state index in [0.717, 1.165) is 27.8 Å². The van der Waals surface area contributed by atoms with Crippen molar-refractivity contribution in [1.29, 1.82) is 0 Å². The van der Waals surface area contributed by atoms with Gasteiger partial charge >= 0.3 is 0 Å². The zero-order chi connectivity index (χ0) is 11.5. The second-order valence-corrected chi connectivity index (χ2v) is 4.31. The molecule has 16 heavy (non-hydrogen) atoms. The van der Waals surface area contributed by atoms with Crippen LogP contribution in [0, 0.1) is 0 Å². The predicted octanol–water partition coefficient (Wildman–Crippen LogP) is 1.75. The van der Waals surface area contributed by atoms with Crippen molar-refractivity contribution in [2.45, 2.75) is 6.42 Å². The molecule has 0 amide bonds. The molecule has 0 unspecified atom stereocenters. The van der Waals surface area contributed by atoms with Crippen molar-refractivity contribution in [3.05, 3.63) is 34.7 Å². The highest BCUT2D eigenvalue weighted by molar-refractivity contribution is 9.10. The monoisotopic (exact) mass is 280 g/mol. The van der Waals surface area contributed by atoms with Gasteiger partial charge in [0.05, 0.1) is 15.9 Å². The fraction of sp³-hybridized carbons (Fsp3) is 0.273. The smallest absolute Gasteiger partial charge is 0.0839 e. The molecular weight excluding hydrogens is 268 g/mol. The van der Waals surface area contributed by atoms with Crippen LogP contribution in [0.15, 0.2) is 29.0 Å². The van der Waals surface area contributed by atoms with Gasteiger partial charge in [-0.15, -0.1) is 0 Å². The summed E-state index contributed by atoms with van der Waals surface area (Å²) in [6.45, 7) is 0.599. The molecule has 0 spiro atoms. The molecule has 0 aliphatic rings. The lowest BCUT2D eigenvalue weighted by atomic mass is 10.2. The van der Waals surface area contributed by atoms with Gasteiger partial charge in [0.15, 0.2) is 0 Å². The Morgan fingerprint density at radius 1 is 1.50 bits per heavy atom. The third-order valence-corrected chi connectivity index (χ3v) is 3.20. The van der Waals surface area contributed by atoms with Gasteiger partial charge in [-0.3, -0.25) is 9.67 Å². The molecule has 0 saturated heterocycles. The molecule has 0 aliphatic carbocycles. The third-order valence-electron chi connectivity index (χ3n) is 2.37. The van der Waals surface area contributed by atoms with Gasteiger partial charge in [-0.05, 0) is 34.6 Å². The van der Waals surface area contributed by atoms with Crippen molar-refractivity contribution >= 4 is 15.9 Å². The average Bonchev–Trinajstić information content (AvgIpc) is 2.56. The molecule has 2 N–H and O–H groups in total. The second-order valence-electron chi connectivity index (χ2n) is 3.51. The molecule has 5 heteroatoms. The van der Waals surface area contributed by atoms with Gasteiger partial charge < -0.3 is 5.73 Å². The Morgan fingerprint density at radius 2 is 2.31 bits per heavy atom. The van der Waals surface area contributed by atoms with Crippen LogP contribution in [-0.4, -0.2) is 21.3 Å². The van der Waals surface area contributed by atoms with E-state index in [2.05, 4.69) is 26.0 Å². The van der Waals surface area contributed by atoms with Gasteiger partial charge in [0.1, 0.15) is 0 Å². The van der Waals surface area contributed by atoms with E-state index >= 15 is 0 Å². The van der Waals surface area contributed by atoms with E-state index in [-0.39, 0.29) is 0 Å². The summed E-state index contributed by atoms with van der Waals surface area (Å²) in [6, 6.07) is 3.93. The summed E-state index contributed by atoms with van der Waals surface area (Å²) in [4.78, 5) is 4.11. The molecule has 0 saturated carbocycles. The molecular formula is C11H13BrN4. The molecule has 0 radical (unpaired) electrons. The fourth-order valence-corrected chi connectivity index (χ4v) is 2.43. The largest absolute Gasteiger partial charge is 0.330 e. The Bertz CT molecular complexity index is 478. The van der Waals surface area contributed by atoms with Gasteiger partial charge in [-0.1, -0.05) is 0 Å². The summed E-state index contributed by atoms with van der Waals surface area (Å²) in [6.07, 6.45) is 4.36. The molecule has 2 aromatic rings. The van der Waals surface area contributed by atoms with Crippen LogP contribution in [0.25, 0.3) is 11.3 Å². The molecule has 2 heterocycles. The fourth-order valence-electron chi connectivity index (χ4n) is 1.67. The van der Waals surface area contributed by atoms with Crippen molar-refractivity contribution in [2.75, 3.05) is 6.54 Å². The van der Waals surface area contributed by atoms with E-state index in [1.54, 1.807) is 6.20 Å². The number of aryl methyl sites for hydroxylation is 1. The van der Waals surface area contributed by atoms with E-state index in [1.165, 1.54) is 0 Å². The van der Waals surface area contributed by atoms with Crippen molar-refractivity contribution in [2.24, 2.45) is 12.8 Å². The first-order valence-corrected chi connectivity index (χ1v) is 5.85. The topological polar surface area (TPSA) is 56.7 Å². The molecule has 2 rings (SSSR count). The lowest BCUT2D eigenvalue weighted by molar-refractivity contribution is 0.745. The minimum Gasteiger partial charge on any atom is -0.330 e. The van der Waals surface area contributed by atoms with Gasteiger partial charge in [-0.2, -0.15) is 5.10 Å². The molecule has 0 fully saturated rings. The zero-order valence-corrected chi connectivity index (χ0v) is 10.6. The van der Waals surface area contributed by atoms with Crippen LogP contribution < -0.4 is 5.73 Å². The Morgan fingerprint density at radius 3 is 2.94 bits per heavy atom. The number of rotatable bonds is 3. The summed E-state index contributed by atoms with van der Waals surface area (Å²) >= 11 is 3.57. The summed E-state index contributed by atoms with van der Waals surface area (Å²) in [5.74, 6) is 0. The van der Waals surface area contributed by atoms with Gasteiger partial charge in [-0.25, -0.2) is 0 Å². The maximum absolute atomic E-state index is 5.55. The summed E-state index contributed by atoms with van der Waals surface area (Å²) in [7, 11) is 1.92. The minimum absolute atomic E-state index is 0.599. The lowest BCUT2D eigenvalue weighted by Gasteiger charge is -2.01. The normalized spacial score (nSPS) is 10.7. The van der Waals surface area contributed by atoms with E-state index in [9.17, 15) is 0 Å². The van der Waals surface area contributed by atoms with Crippen LogP contribution in [0.4, 0.5) is 0 Å². The maximum atomic E-state index is 5.55. The van der Waals surface area contributed by atoms with E-state index in [4.69, 9.17) is 5.73 Å². The summed E-state index contributed by atoms with van der Waals surface area (Å²) < 4.78 is 2.86. The minimum atomic E-state index is 0.599. The van der Waals surface area contributed by atoms with E-state index in [1.807, 2.05) is 30.1 Å². The number of pyridine rings is 1. The Kier molecular flexibility index (Phi) is 3.36. The zero-order valence-electron chi connectivity index (χ0n) is 9.02. The summed E-state index contributed by atoms with van der Waals surface area (Å²) in [5.41, 5.74) is 8.62. The number of halogens is 1. The van der Waals surface area contributed by atoms with Crippen LogP contribution in [0.2, 0.25) is 0 Å². The molecule has 0 bridgehead atoms. The predicted molar refractivity (Wildman–Crippen MR) is 66.9 cm³/mol. The molecule has 4 nitrogen and oxygen atoms in total. The van der Waals surface area contributed by atoms with Gasteiger partial charge in [0.25, 0.3) is 0 Å². The first kappa shape index (κ1) is 11.3. The first-order chi connectivity index (χ1) is 7.74. The standard InChI is InChI=1S/C11H13BrN4/c1-16-11(8-3-2-6-14-7-8)10(12)9(15-16)4-5-13/h2-3,6-7H,4-5,13H2,1H3. The Balaban J connectivity index is 2.49. The SMILES string of the molecule is Cn1nc(CCN)c(Br)c1-c1cccnc1. The number of aromatic nitrogens is 3. The number of hydrogen-bond donors (Lipinski definition) is 1. The van der Waals surface area contributed by atoms with Crippen LogP contribution in [-0.2, 0) is 13.5 Å². The van der Waals surface area contributed by atoms with Crippen LogP contribution >= 0.6 is 15.9 Å². The molecule has 84 valence electrons. The highest BCUT2D eigenvalue weighted by Crippen LogP contribution is 2.30. The van der Waals surface area contributed by atoms with E-state index < -0.39 is 0 Å². The van der Waals surface area contributed by atoms with Crippen molar-refractivity contribution < 1.29 is 0 Å². The Labute approximate surface area is 103 Å². The lowest BCUT2D eigenvalue weighted by Crippen LogP contribution is -2.04. The molecule has 2 aromatic heterocycles. The van der Waals surface area contributed by atoms with Gasteiger partial charge in [0.2, 0.25) is 0 Å². The molecule has 0 aromatic carbocycles. The molecule has 0 aliphatic heterocycles. The number of nitrogens with two attached hydrogens (primary N) is 1. The highest BCUT2D eigenvalue weighted by atomic mass is 79.9. The van der Waals surface area contributed by atoms with Crippen molar-refractivity contribution in [1.82, 2.24) is 14.8 Å². The highest BCUT2D eigenvalue weighted by Gasteiger charge is 2.14. The molecule has 0 atom stereocenters. The van der Waals surface area contributed by atoms with Gasteiger partial charge in [0, 0.05) is 31.4 Å². The third kappa shape index (κ3) is 2.01. The Hall–Kier alpha value is -1.20. The van der Waals surface area contributed by atoms with Crippen LogP contribution in [0.1, 0.15) is 5.69 Å². The summed E-state index contributed by atoms with van der Waals surface area (Å²) in [5, 5.41) is 4.44. The quantitative estimate of drug-likeness (QED) is 0.932. The number of nitrogens with zero attached hydrogens (tertiary/aromatic N) is 3. The van der Waals surface area contributed by atoms with Crippen molar-refractivity contribution in [3.8, 4) is 11.3 Å².